The molecule has 0 aliphatic rings. The number of hydrogen-bond donors (Lipinski definition) is 5. The third-order valence-electron chi connectivity index (χ3n) is 1.48. The molecule has 0 amide bonds. The molecule has 0 saturated heterocycles. The molecule has 0 aliphatic carbocycles. The lowest BCUT2D eigenvalue weighted by molar-refractivity contribution is 0.228. The molecule has 1 aromatic rings. The molecular weight excluding hydrogens is 264 g/mol. The van der Waals surface area contributed by atoms with E-state index in [0.29, 0.717) is 5.56 Å². The smallest absolute Gasteiger partial charge is 0.233 e. The van der Waals surface area contributed by atoms with Crippen LogP contribution in [0.3, 0.4) is 0 Å². The van der Waals surface area contributed by atoms with Crippen LogP contribution >= 0.6 is 15.9 Å². The van der Waals surface area contributed by atoms with Crippen molar-refractivity contribution in [3.05, 3.63) is 28.2 Å². The highest BCUT2D eigenvalue weighted by atomic mass is 79.9. The highest BCUT2D eigenvalue weighted by Crippen LogP contribution is 2.19. The van der Waals surface area contributed by atoms with Crippen LogP contribution in [0.4, 0.5) is 0 Å². The first-order valence-electron chi connectivity index (χ1n) is 3.89. The summed E-state index contributed by atoms with van der Waals surface area (Å²) in [5.41, 5.74) is 4.25. The van der Waals surface area contributed by atoms with Crippen LogP contribution < -0.4 is 10.9 Å². The number of phenols is 1. The molecule has 0 radical (unpaired) electrons. The van der Waals surface area contributed by atoms with Crippen molar-refractivity contribution in [3.8, 4) is 5.75 Å². The molecule has 0 unspecified atom stereocenters. The van der Waals surface area contributed by atoms with Crippen molar-refractivity contribution < 1.29 is 10.3 Å². The Morgan fingerprint density at radius 3 is 2.93 bits per heavy atom. The Kier molecular flexibility index (Phi) is 4.07. The number of nitrogens with zero attached hydrogens (tertiary/aromatic N) is 1. The summed E-state index contributed by atoms with van der Waals surface area (Å²) in [6.07, 6.45) is 1.33. The minimum atomic E-state index is -0.360. The van der Waals surface area contributed by atoms with Crippen LogP contribution in [0.1, 0.15) is 5.56 Å². The van der Waals surface area contributed by atoms with Gasteiger partial charge in [0.2, 0.25) is 5.96 Å². The molecule has 1 rings (SSSR count). The summed E-state index contributed by atoms with van der Waals surface area (Å²) in [4.78, 5) is 0. The largest absolute Gasteiger partial charge is 0.507 e. The number of hydrazone groups is 1. The number of halogens is 1. The molecule has 0 atom stereocenters. The van der Waals surface area contributed by atoms with Crippen LogP contribution in [0, 0.1) is 5.41 Å². The molecule has 0 aliphatic heterocycles. The molecule has 0 fully saturated rings. The number of aromatic hydroxyl groups is 1. The number of benzene rings is 1. The molecule has 1 aromatic carbocycles. The summed E-state index contributed by atoms with van der Waals surface area (Å²) in [6, 6.07) is 4.87. The maximum Gasteiger partial charge on any atom is 0.233 e. The van der Waals surface area contributed by atoms with Crippen LogP contribution in [0.2, 0.25) is 0 Å². The van der Waals surface area contributed by atoms with Gasteiger partial charge < -0.3 is 5.11 Å². The first-order valence-corrected chi connectivity index (χ1v) is 4.69. The quantitative estimate of drug-likeness (QED) is 0.315. The zero-order chi connectivity index (χ0) is 11.3. The van der Waals surface area contributed by atoms with Gasteiger partial charge in [0.05, 0.1) is 6.21 Å². The minimum Gasteiger partial charge on any atom is -0.507 e. The van der Waals surface area contributed by atoms with Crippen LogP contribution in [0.5, 0.6) is 5.75 Å². The number of guanidine groups is 1. The zero-order valence-corrected chi connectivity index (χ0v) is 9.12. The summed E-state index contributed by atoms with van der Waals surface area (Å²) in [7, 11) is 0. The van der Waals surface area contributed by atoms with E-state index in [0.717, 1.165) is 4.47 Å². The molecule has 0 heterocycles. The van der Waals surface area contributed by atoms with Crippen LogP contribution in [0.25, 0.3) is 0 Å². The summed E-state index contributed by atoms with van der Waals surface area (Å²) in [6.45, 7) is 0. The van der Waals surface area contributed by atoms with Crippen molar-refractivity contribution in [3.63, 3.8) is 0 Å². The SMILES string of the molecule is N=C(NO)NN=Cc1cc(Br)ccc1O. The normalized spacial score (nSPS) is 10.3. The number of hydroxylamine groups is 1. The molecule has 80 valence electrons. The fourth-order valence-corrected chi connectivity index (χ4v) is 1.20. The molecule has 6 nitrogen and oxygen atoms in total. The standard InChI is InChI=1S/C8H9BrN4O2/c9-6-1-2-7(14)5(3-6)4-11-12-8(10)13-15/h1-4,14-15H,(H3,10,12,13). The number of hydrogen-bond acceptors (Lipinski definition) is 4. The van der Waals surface area contributed by atoms with E-state index in [1.165, 1.54) is 12.3 Å². The third kappa shape index (κ3) is 3.56. The van der Waals surface area contributed by atoms with E-state index in [9.17, 15) is 5.11 Å². The topological polar surface area (TPSA) is 101 Å². The van der Waals surface area contributed by atoms with E-state index in [-0.39, 0.29) is 11.7 Å². The molecule has 0 spiro atoms. The Balaban J connectivity index is 2.71. The van der Waals surface area contributed by atoms with Crippen molar-refractivity contribution in [2.75, 3.05) is 0 Å². The van der Waals surface area contributed by atoms with Gasteiger partial charge in [0.15, 0.2) is 0 Å². The maximum absolute atomic E-state index is 9.40. The minimum absolute atomic E-state index is 0.0761. The van der Waals surface area contributed by atoms with Crippen LogP contribution in [-0.2, 0) is 0 Å². The Morgan fingerprint density at radius 1 is 1.53 bits per heavy atom. The average molecular weight is 273 g/mol. The van der Waals surface area contributed by atoms with Gasteiger partial charge in [0, 0.05) is 10.0 Å². The Bertz CT molecular complexity index is 394. The Morgan fingerprint density at radius 2 is 2.27 bits per heavy atom. The molecular formula is C8H9BrN4O2. The monoisotopic (exact) mass is 272 g/mol. The van der Waals surface area contributed by atoms with E-state index >= 15 is 0 Å². The van der Waals surface area contributed by atoms with Gasteiger partial charge in [-0.15, -0.1) is 0 Å². The zero-order valence-electron chi connectivity index (χ0n) is 7.53. The summed E-state index contributed by atoms with van der Waals surface area (Å²) in [5.74, 6) is -0.284. The van der Waals surface area contributed by atoms with Gasteiger partial charge in [-0.3, -0.25) is 10.6 Å². The highest BCUT2D eigenvalue weighted by molar-refractivity contribution is 9.10. The second-order valence-electron chi connectivity index (χ2n) is 2.56. The van der Waals surface area contributed by atoms with Crippen molar-refractivity contribution >= 4 is 28.1 Å². The van der Waals surface area contributed by atoms with Crippen LogP contribution in [-0.4, -0.2) is 22.5 Å². The Labute approximate surface area is 94.2 Å². The summed E-state index contributed by atoms with van der Waals surface area (Å²) in [5, 5.41) is 28.2. The number of rotatable bonds is 2. The second-order valence-corrected chi connectivity index (χ2v) is 3.48. The molecule has 15 heavy (non-hydrogen) atoms. The van der Waals surface area contributed by atoms with Gasteiger partial charge in [0.25, 0.3) is 0 Å². The van der Waals surface area contributed by atoms with E-state index in [2.05, 4.69) is 26.5 Å². The lowest BCUT2D eigenvalue weighted by atomic mass is 10.2. The first kappa shape index (κ1) is 11.5. The Hall–Kier alpha value is -1.60. The fourth-order valence-electron chi connectivity index (χ4n) is 0.820. The second kappa shape index (κ2) is 5.32. The van der Waals surface area contributed by atoms with E-state index in [1.54, 1.807) is 17.6 Å². The van der Waals surface area contributed by atoms with E-state index in [4.69, 9.17) is 10.6 Å². The summed E-state index contributed by atoms with van der Waals surface area (Å²) >= 11 is 3.24. The third-order valence-corrected chi connectivity index (χ3v) is 1.97. The fraction of sp³-hybridized carbons (Fsp3) is 0. The van der Waals surface area contributed by atoms with E-state index in [1.807, 2.05) is 0 Å². The lowest BCUT2D eigenvalue weighted by Crippen LogP contribution is -2.30. The van der Waals surface area contributed by atoms with Crippen molar-refractivity contribution in [1.29, 1.82) is 5.41 Å². The van der Waals surface area contributed by atoms with Gasteiger partial charge in [-0.2, -0.15) is 5.10 Å². The van der Waals surface area contributed by atoms with Gasteiger partial charge in [-0.25, -0.2) is 10.9 Å². The maximum atomic E-state index is 9.40. The molecule has 0 saturated carbocycles. The molecule has 7 heteroatoms. The highest BCUT2D eigenvalue weighted by Gasteiger charge is 1.98. The predicted molar refractivity (Wildman–Crippen MR) is 59.2 cm³/mol. The average Bonchev–Trinajstić information content (AvgIpc) is 2.23. The number of phenolic OH excluding ortho intramolecular Hbond substituents is 1. The molecule has 0 aromatic heterocycles. The lowest BCUT2D eigenvalue weighted by Gasteiger charge is -2.00. The number of nitrogens with one attached hydrogen (secondary N) is 3. The summed E-state index contributed by atoms with van der Waals surface area (Å²) < 4.78 is 0.803. The molecule has 0 bridgehead atoms. The molecule has 5 N–H and O–H groups in total. The van der Waals surface area contributed by atoms with Crippen molar-refractivity contribution in [1.82, 2.24) is 10.9 Å². The van der Waals surface area contributed by atoms with E-state index < -0.39 is 0 Å². The van der Waals surface area contributed by atoms with Gasteiger partial charge >= 0.3 is 0 Å². The van der Waals surface area contributed by atoms with Gasteiger partial charge in [-0.1, -0.05) is 15.9 Å². The van der Waals surface area contributed by atoms with Crippen molar-refractivity contribution in [2.24, 2.45) is 5.10 Å². The van der Waals surface area contributed by atoms with Crippen molar-refractivity contribution in [2.45, 2.75) is 0 Å². The van der Waals surface area contributed by atoms with Gasteiger partial charge in [-0.05, 0) is 18.2 Å². The predicted octanol–water partition coefficient (Wildman–Crippen LogP) is 0.992. The van der Waals surface area contributed by atoms with Gasteiger partial charge in [0.1, 0.15) is 5.75 Å². The van der Waals surface area contributed by atoms with Crippen LogP contribution in [0.15, 0.2) is 27.8 Å². The first-order chi connectivity index (χ1) is 7.13.